The van der Waals surface area contributed by atoms with Crippen molar-refractivity contribution in [3.05, 3.63) is 204 Å². The minimum atomic E-state index is -0.380. The van der Waals surface area contributed by atoms with Gasteiger partial charge in [-0.3, -0.25) is 0 Å². The van der Waals surface area contributed by atoms with Gasteiger partial charge in [-0.1, -0.05) is 170 Å². The lowest BCUT2D eigenvalue weighted by Crippen LogP contribution is -2.39. The van der Waals surface area contributed by atoms with E-state index in [1.807, 2.05) is 30.3 Å². The van der Waals surface area contributed by atoms with Gasteiger partial charge < -0.3 is 4.65 Å². The first kappa shape index (κ1) is 26.9. The zero-order valence-corrected chi connectivity index (χ0v) is 23.4. The van der Waals surface area contributed by atoms with Crippen molar-refractivity contribution in [2.45, 2.75) is 0 Å². The van der Waals surface area contributed by atoms with Gasteiger partial charge in [0, 0.05) is 0 Å². The van der Waals surface area contributed by atoms with Crippen LogP contribution in [0.2, 0.25) is 0 Å². The maximum atomic E-state index is 6.97. The zero-order chi connectivity index (χ0) is 28.4. The van der Waals surface area contributed by atoms with E-state index in [9.17, 15) is 0 Å². The Balaban J connectivity index is 1.73. The molecule has 0 radical (unpaired) electrons. The summed E-state index contributed by atoms with van der Waals surface area (Å²) >= 11 is 0. The molecule has 42 heavy (non-hydrogen) atoms. The van der Waals surface area contributed by atoms with Gasteiger partial charge in [-0.2, -0.15) is 0 Å². The molecule has 0 aliphatic rings. The molecule has 0 aliphatic heterocycles. The van der Waals surface area contributed by atoms with Gasteiger partial charge in [-0.25, -0.2) is 0 Å². The van der Waals surface area contributed by atoms with Crippen molar-refractivity contribution in [1.82, 2.24) is 0 Å². The number of hydrogen-bond donors (Lipinski definition) is 0. The summed E-state index contributed by atoms with van der Waals surface area (Å²) in [7, 11) is 0. The molecule has 6 rings (SSSR count). The van der Waals surface area contributed by atoms with Crippen LogP contribution in [-0.4, -0.2) is 6.92 Å². The van der Waals surface area contributed by atoms with Gasteiger partial charge >= 0.3 is 6.92 Å². The van der Waals surface area contributed by atoms with Crippen molar-refractivity contribution in [2.75, 3.05) is 0 Å². The summed E-state index contributed by atoms with van der Waals surface area (Å²) in [6, 6.07) is 63.2. The first-order valence-electron chi connectivity index (χ1n) is 14.3. The molecule has 0 unspecified atom stereocenters. The lowest BCUT2D eigenvalue weighted by Gasteiger charge is -2.26. The second-order valence-electron chi connectivity index (χ2n) is 10.1. The Kier molecular flexibility index (Phi) is 8.54. The van der Waals surface area contributed by atoms with E-state index in [0.29, 0.717) is 0 Å². The molecule has 0 saturated heterocycles. The monoisotopic (exact) mass is 538 g/mol. The molecule has 0 spiro atoms. The van der Waals surface area contributed by atoms with Crippen LogP contribution < -0.4 is 10.1 Å². The fourth-order valence-corrected chi connectivity index (χ4v) is 5.30. The largest absolute Gasteiger partial charge is 0.551 e. The molecule has 6 aromatic carbocycles. The number of para-hydroxylation sites is 1. The average molecular weight is 538 g/mol. The standard InChI is InChI=1S/C40H31BO/c1-7-19-32(20-8-1)31-38(33-21-9-2-10-22-33)39(34-23-11-3-12-24-34)40(35-25-13-4-14-26-35)41(36-27-15-5-16-28-36)42-37-29-17-6-18-30-37/h1-31H/b38-31+,40-39+. The summed E-state index contributed by atoms with van der Waals surface area (Å²) < 4.78 is 6.97. The molecule has 1 nitrogen and oxygen atoms in total. The predicted molar refractivity (Wildman–Crippen MR) is 179 cm³/mol. The fraction of sp³-hybridized carbons (Fsp3) is 0. The van der Waals surface area contributed by atoms with Gasteiger partial charge in [-0.05, 0) is 62.5 Å². The molecule has 0 aromatic heterocycles. The highest BCUT2D eigenvalue weighted by molar-refractivity contribution is 6.87. The van der Waals surface area contributed by atoms with Crippen LogP contribution in [0.3, 0.4) is 0 Å². The molecule has 0 saturated carbocycles. The normalized spacial score (nSPS) is 11.9. The third-order valence-electron chi connectivity index (χ3n) is 7.24. The Morgan fingerprint density at radius 1 is 0.429 bits per heavy atom. The van der Waals surface area contributed by atoms with E-state index in [4.69, 9.17) is 4.65 Å². The molecule has 0 bridgehead atoms. The van der Waals surface area contributed by atoms with Crippen LogP contribution in [0.25, 0.3) is 22.7 Å². The Labute approximate surface area is 249 Å². The summed E-state index contributed by atoms with van der Waals surface area (Å²) in [5.74, 6) is 0.820. The van der Waals surface area contributed by atoms with Crippen LogP contribution in [0.5, 0.6) is 5.75 Å². The average Bonchev–Trinajstić information content (AvgIpc) is 3.08. The molecular weight excluding hydrogens is 507 g/mol. The Bertz CT molecular complexity index is 1750. The van der Waals surface area contributed by atoms with E-state index in [1.54, 1.807) is 0 Å². The molecule has 0 N–H and O–H groups in total. The Morgan fingerprint density at radius 3 is 1.40 bits per heavy atom. The van der Waals surface area contributed by atoms with Crippen molar-refractivity contribution in [1.29, 1.82) is 0 Å². The van der Waals surface area contributed by atoms with Gasteiger partial charge in [0.05, 0.1) is 5.75 Å². The summed E-state index contributed by atoms with van der Waals surface area (Å²) in [6.45, 7) is -0.380. The highest BCUT2D eigenvalue weighted by Crippen LogP contribution is 2.40. The van der Waals surface area contributed by atoms with E-state index >= 15 is 0 Å². The quantitative estimate of drug-likeness (QED) is 0.101. The summed E-state index contributed by atoms with van der Waals surface area (Å²) in [5, 5.41) is 0. The minimum Gasteiger partial charge on any atom is -0.551 e. The van der Waals surface area contributed by atoms with Crippen LogP contribution in [0, 0.1) is 0 Å². The number of allylic oxidation sites excluding steroid dienone is 2. The second-order valence-corrected chi connectivity index (χ2v) is 10.1. The highest BCUT2D eigenvalue weighted by atomic mass is 16.4. The van der Waals surface area contributed by atoms with Gasteiger partial charge in [0.2, 0.25) is 0 Å². The number of rotatable bonds is 9. The van der Waals surface area contributed by atoms with E-state index in [-0.39, 0.29) is 6.92 Å². The van der Waals surface area contributed by atoms with Crippen molar-refractivity contribution in [3.8, 4) is 5.75 Å². The van der Waals surface area contributed by atoms with Crippen LogP contribution in [0.1, 0.15) is 22.3 Å². The molecule has 0 atom stereocenters. The minimum absolute atomic E-state index is 0.380. The highest BCUT2D eigenvalue weighted by Gasteiger charge is 2.32. The third kappa shape index (κ3) is 6.35. The zero-order valence-electron chi connectivity index (χ0n) is 23.4. The molecule has 0 heterocycles. The predicted octanol–water partition coefficient (Wildman–Crippen LogP) is 9.36. The SMILES string of the molecule is C(=C(\C(=C(\B(Oc1ccccc1)c1ccccc1)c1ccccc1)c1ccccc1)c1ccccc1)/c1ccccc1. The van der Waals surface area contributed by atoms with Crippen molar-refractivity contribution < 1.29 is 4.65 Å². The first-order chi connectivity index (χ1) is 20.9. The Hall–Kier alpha value is -5.34. The lowest BCUT2D eigenvalue weighted by atomic mass is 9.50. The second kappa shape index (κ2) is 13.3. The third-order valence-corrected chi connectivity index (χ3v) is 7.24. The molecule has 0 fully saturated rings. The van der Waals surface area contributed by atoms with Crippen LogP contribution >= 0.6 is 0 Å². The maximum Gasteiger partial charge on any atom is 0.427 e. The fourth-order valence-electron chi connectivity index (χ4n) is 5.30. The lowest BCUT2D eigenvalue weighted by molar-refractivity contribution is 0.593. The summed E-state index contributed by atoms with van der Waals surface area (Å²) in [5.41, 5.74) is 8.95. The number of benzene rings is 6. The van der Waals surface area contributed by atoms with Gasteiger partial charge in [0.15, 0.2) is 0 Å². The van der Waals surface area contributed by atoms with E-state index in [2.05, 4.69) is 158 Å². The molecular formula is C40H31BO. The van der Waals surface area contributed by atoms with E-state index in [1.165, 1.54) is 0 Å². The van der Waals surface area contributed by atoms with Crippen molar-refractivity contribution in [2.24, 2.45) is 0 Å². The molecule has 2 heteroatoms. The van der Waals surface area contributed by atoms with Crippen LogP contribution in [0.4, 0.5) is 0 Å². The molecule has 6 aromatic rings. The van der Waals surface area contributed by atoms with Gasteiger partial charge in [0.1, 0.15) is 0 Å². The van der Waals surface area contributed by atoms with E-state index in [0.717, 1.165) is 50.1 Å². The van der Waals surface area contributed by atoms with Gasteiger partial charge in [0.25, 0.3) is 0 Å². The van der Waals surface area contributed by atoms with Crippen LogP contribution in [-0.2, 0) is 0 Å². The van der Waals surface area contributed by atoms with Crippen molar-refractivity contribution in [3.63, 3.8) is 0 Å². The van der Waals surface area contributed by atoms with Crippen LogP contribution in [0.15, 0.2) is 182 Å². The Morgan fingerprint density at radius 2 is 0.857 bits per heavy atom. The smallest absolute Gasteiger partial charge is 0.427 e. The summed E-state index contributed by atoms with van der Waals surface area (Å²) in [6.07, 6.45) is 2.30. The number of hydrogen-bond acceptors (Lipinski definition) is 1. The molecule has 200 valence electrons. The van der Waals surface area contributed by atoms with Gasteiger partial charge in [-0.15, -0.1) is 0 Å². The maximum absolute atomic E-state index is 6.97. The van der Waals surface area contributed by atoms with E-state index < -0.39 is 0 Å². The van der Waals surface area contributed by atoms with Crippen molar-refractivity contribution >= 4 is 35.1 Å². The topological polar surface area (TPSA) is 9.23 Å². The first-order valence-corrected chi connectivity index (χ1v) is 14.3. The molecule has 0 aliphatic carbocycles. The molecule has 0 amide bonds. The summed E-state index contributed by atoms with van der Waals surface area (Å²) in [4.78, 5) is 0.